The number of methoxy groups -OCH3 is 1. The molecule has 96 valence electrons. The van der Waals surface area contributed by atoms with Gasteiger partial charge in [-0.15, -0.1) is 0 Å². The lowest BCUT2D eigenvalue weighted by Gasteiger charge is -2.09. The molecule has 0 atom stereocenters. The zero-order valence-corrected chi connectivity index (χ0v) is 10.4. The Morgan fingerprint density at radius 3 is 3.05 bits per heavy atom. The standard InChI is InChI=1S/C13H13N5O/c1-19-13-10(3-2-5-15-13)9-16-12-11-4-6-17-18(11)8-7-14-12/h2-8H,9H2,1H3,(H,14,16). The van der Waals surface area contributed by atoms with E-state index in [-0.39, 0.29) is 0 Å². The molecule has 3 aromatic rings. The molecule has 0 spiro atoms. The number of nitrogens with zero attached hydrogens (tertiary/aromatic N) is 4. The Hall–Kier alpha value is -2.63. The molecule has 3 heterocycles. The van der Waals surface area contributed by atoms with Crippen molar-refractivity contribution in [3.05, 3.63) is 48.5 Å². The van der Waals surface area contributed by atoms with Crippen LogP contribution in [0.2, 0.25) is 0 Å². The third kappa shape index (κ3) is 2.20. The highest BCUT2D eigenvalue weighted by Crippen LogP contribution is 2.17. The zero-order valence-electron chi connectivity index (χ0n) is 10.4. The van der Waals surface area contributed by atoms with Crippen molar-refractivity contribution in [2.75, 3.05) is 12.4 Å². The zero-order chi connectivity index (χ0) is 13.1. The van der Waals surface area contributed by atoms with Gasteiger partial charge in [0.2, 0.25) is 5.88 Å². The van der Waals surface area contributed by atoms with Gasteiger partial charge >= 0.3 is 0 Å². The van der Waals surface area contributed by atoms with Gasteiger partial charge in [0.05, 0.1) is 13.3 Å². The average molecular weight is 255 g/mol. The summed E-state index contributed by atoms with van der Waals surface area (Å²) in [6, 6.07) is 5.76. The molecule has 0 aliphatic rings. The minimum atomic E-state index is 0.592. The van der Waals surface area contributed by atoms with E-state index in [1.165, 1.54) is 0 Å². The molecule has 6 nitrogen and oxygen atoms in total. The van der Waals surface area contributed by atoms with Crippen molar-refractivity contribution in [2.45, 2.75) is 6.54 Å². The highest BCUT2D eigenvalue weighted by Gasteiger charge is 2.06. The lowest BCUT2D eigenvalue weighted by Crippen LogP contribution is -2.05. The maximum Gasteiger partial charge on any atom is 0.218 e. The average Bonchev–Trinajstić information content (AvgIpc) is 2.94. The minimum Gasteiger partial charge on any atom is -0.481 e. The van der Waals surface area contributed by atoms with Gasteiger partial charge in [0.15, 0.2) is 5.82 Å². The van der Waals surface area contributed by atoms with E-state index in [0.717, 1.165) is 16.9 Å². The number of hydrogen-bond donors (Lipinski definition) is 1. The van der Waals surface area contributed by atoms with Gasteiger partial charge in [-0.2, -0.15) is 5.10 Å². The Labute approximate surface area is 110 Å². The first-order valence-electron chi connectivity index (χ1n) is 5.88. The lowest BCUT2D eigenvalue weighted by atomic mass is 10.2. The van der Waals surface area contributed by atoms with Crippen molar-refractivity contribution >= 4 is 11.3 Å². The highest BCUT2D eigenvalue weighted by atomic mass is 16.5. The van der Waals surface area contributed by atoms with Crippen LogP contribution in [0.15, 0.2) is 43.0 Å². The largest absolute Gasteiger partial charge is 0.481 e. The molecule has 0 aliphatic heterocycles. The molecule has 3 aromatic heterocycles. The van der Waals surface area contributed by atoms with Crippen molar-refractivity contribution < 1.29 is 4.74 Å². The monoisotopic (exact) mass is 255 g/mol. The van der Waals surface area contributed by atoms with Crippen LogP contribution in [0.4, 0.5) is 5.82 Å². The summed E-state index contributed by atoms with van der Waals surface area (Å²) in [5, 5.41) is 7.44. The number of hydrogen-bond acceptors (Lipinski definition) is 5. The van der Waals surface area contributed by atoms with Crippen LogP contribution in [0, 0.1) is 0 Å². The fourth-order valence-corrected chi connectivity index (χ4v) is 1.92. The molecule has 0 radical (unpaired) electrons. The molecule has 19 heavy (non-hydrogen) atoms. The Bertz CT molecular complexity index is 694. The molecule has 0 fully saturated rings. The van der Waals surface area contributed by atoms with Crippen LogP contribution in [0.25, 0.3) is 5.52 Å². The Kier molecular flexibility index (Phi) is 2.97. The Morgan fingerprint density at radius 2 is 2.16 bits per heavy atom. The molecule has 6 heteroatoms. The van der Waals surface area contributed by atoms with Crippen LogP contribution in [0.5, 0.6) is 5.88 Å². The van der Waals surface area contributed by atoms with E-state index in [1.807, 2.05) is 24.4 Å². The maximum absolute atomic E-state index is 5.22. The van der Waals surface area contributed by atoms with E-state index < -0.39 is 0 Å². The van der Waals surface area contributed by atoms with Crippen LogP contribution >= 0.6 is 0 Å². The molecule has 0 amide bonds. The number of aromatic nitrogens is 4. The number of nitrogens with one attached hydrogen (secondary N) is 1. The fourth-order valence-electron chi connectivity index (χ4n) is 1.92. The normalized spacial score (nSPS) is 10.6. The van der Waals surface area contributed by atoms with Crippen molar-refractivity contribution in [2.24, 2.45) is 0 Å². The molecule has 0 aromatic carbocycles. The molecule has 3 rings (SSSR count). The first kappa shape index (κ1) is 11.5. The number of anilines is 1. The van der Waals surface area contributed by atoms with E-state index in [1.54, 1.807) is 30.2 Å². The van der Waals surface area contributed by atoms with E-state index in [0.29, 0.717) is 12.4 Å². The van der Waals surface area contributed by atoms with E-state index in [4.69, 9.17) is 4.74 Å². The first-order valence-corrected chi connectivity index (χ1v) is 5.88. The van der Waals surface area contributed by atoms with Gasteiger partial charge in [0.1, 0.15) is 5.52 Å². The SMILES string of the molecule is COc1ncccc1CNc1nccn2nccc12. The molecule has 0 unspecified atom stereocenters. The summed E-state index contributed by atoms with van der Waals surface area (Å²) in [4.78, 5) is 8.48. The van der Waals surface area contributed by atoms with Gasteiger partial charge < -0.3 is 10.1 Å². The van der Waals surface area contributed by atoms with Gasteiger partial charge in [0.25, 0.3) is 0 Å². The third-order valence-electron chi connectivity index (χ3n) is 2.81. The third-order valence-corrected chi connectivity index (χ3v) is 2.81. The summed E-state index contributed by atoms with van der Waals surface area (Å²) in [6.07, 6.45) is 6.97. The number of ether oxygens (including phenoxy) is 1. The predicted octanol–water partition coefficient (Wildman–Crippen LogP) is 1.74. The summed E-state index contributed by atoms with van der Waals surface area (Å²) in [5.41, 5.74) is 1.92. The summed E-state index contributed by atoms with van der Waals surface area (Å²) in [5.74, 6) is 1.40. The predicted molar refractivity (Wildman–Crippen MR) is 71.1 cm³/mol. The second-order valence-corrected chi connectivity index (χ2v) is 3.96. The molecular weight excluding hydrogens is 242 g/mol. The van der Waals surface area contributed by atoms with Gasteiger partial charge in [-0.3, -0.25) is 0 Å². The molecule has 0 saturated carbocycles. The molecule has 0 saturated heterocycles. The quantitative estimate of drug-likeness (QED) is 0.769. The van der Waals surface area contributed by atoms with Crippen LogP contribution in [-0.2, 0) is 6.54 Å². The minimum absolute atomic E-state index is 0.592. The summed E-state index contributed by atoms with van der Waals surface area (Å²) < 4.78 is 6.99. The van der Waals surface area contributed by atoms with Crippen LogP contribution < -0.4 is 10.1 Å². The number of rotatable bonds is 4. The summed E-state index contributed by atoms with van der Waals surface area (Å²) in [6.45, 7) is 0.592. The lowest BCUT2D eigenvalue weighted by molar-refractivity contribution is 0.393. The van der Waals surface area contributed by atoms with Crippen molar-refractivity contribution in [1.82, 2.24) is 19.6 Å². The second-order valence-electron chi connectivity index (χ2n) is 3.96. The van der Waals surface area contributed by atoms with Gasteiger partial charge in [0, 0.05) is 30.7 Å². The molecule has 0 bridgehead atoms. The summed E-state index contributed by atoms with van der Waals surface area (Å²) >= 11 is 0. The Morgan fingerprint density at radius 1 is 1.21 bits per heavy atom. The molecule has 1 N–H and O–H groups in total. The molecular formula is C13H13N5O. The molecule has 0 aliphatic carbocycles. The van der Waals surface area contributed by atoms with Crippen LogP contribution in [0.3, 0.4) is 0 Å². The van der Waals surface area contributed by atoms with E-state index >= 15 is 0 Å². The first-order chi connectivity index (χ1) is 9.38. The van der Waals surface area contributed by atoms with Gasteiger partial charge in [-0.05, 0) is 12.1 Å². The van der Waals surface area contributed by atoms with Crippen molar-refractivity contribution in [3.8, 4) is 5.88 Å². The van der Waals surface area contributed by atoms with Gasteiger partial charge in [-0.1, -0.05) is 6.07 Å². The second kappa shape index (κ2) is 4.93. The van der Waals surface area contributed by atoms with Crippen molar-refractivity contribution in [3.63, 3.8) is 0 Å². The van der Waals surface area contributed by atoms with E-state index in [9.17, 15) is 0 Å². The Balaban J connectivity index is 1.84. The van der Waals surface area contributed by atoms with Gasteiger partial charge in [-0.25, -0.2) is 14.5 Å². The maximum atomic E-state index is 5.22. The van der Waals surface area contributed by atoms with Crippen LogP contribution in [-0.4, -0.2) is 26.7 Å². The topological polar surface area (TPSA) is 64.3 Å². The van der Waals surface area contributed by atoms with Crippen LogP contribution in [0.1, 0.15) is 5.56 Å². The fraction of sp³-hybridized carbons (Fsp3) is 0.154. The number of pyridine rings is 1. The highest BCUT2D eigenvalue weighted by molar-refractivity contribution is 5.66. The summed E-state index contributed by atoms with van der Waals surface area (Å²) in [7, 11) is 1.61. The van der Waals surface area contributed by atoms with E-state index in [2.05, 4.69) is 20.4 Å². The van der Waals surface area contributed by atoms with Crippen molar-refractivity contribution in [1.29, 1.82) is 0 Å². The smallest absolute Gasteiger partial charge is 0.218 e. The number of fused-ring (bicyclic) bond motifs is 1.